The highest BCUT2D eigenvalue weighted by Gasteiger charge is 2.51. The second-order valence-electron chi connectivity index (χ2n) is 7.92. The highest BCUT2D eigenvalue weighted by atomic mass is 35.5. The topological polar surface area (TPSA) is 50.4 Å². The minimum Gasteiger partial charge on any atom is -0.482 e. The standard InChI is InChI=1S/C19H23ClN2O2S/c20-15-3-1-2-4-16(15)24-11-17(23)21-18(25)22-19-8-12-5-13(9-19)7-14(6-12)10-19/h1-4,12-14H,5-11H2,(H2,21,22,23,25). The number of para-hydroxylation sites is 1. The van der Waals surface area contributed by atoms with Gasteiger partial charge in [0, 0.05) is 5.54 Å². The number of hydrogen-bond acceptors (Lipinski definition) is 3. The van der Waals surface area contributed by atoms with Crippen LogP contribution in [0.1, 0.15) is 38.5 Å². The van der Waals surface area contributed by atoms with Gasteiger partial charge in [0.05, 0.1) is 5.02 Å². The van der Waals surface area contributed by atoms with Crippen molar-refractivity contribution < 1.29 is 9.53 Å². The van der Waals surface area contributed by atoms with E-state index in [2.05, 4.69) is 10.6 Å². The number of amides is 1. The van der Waals surface area contributed by atoms with Crippen molar-refractivity contribution in [3.05, 3.63) is 29.3 Å². The third-order valence-electron chi connectivity index (χ3n) is 5.87. The molecule has 0 unspecified atom stereocenters. The van der Waals surface area contributed by atoms with Crippen molar-refractivity contribution in [1.82, 2.24) is 10.6 Å². The molecule has 0 saturated heterocycles. The minimum atomic E-state index is -0.262. The van der Waals surface area contributed by atoms with Gasteiger partial charge in [-0.15, -0.1) is 0 Å². The molecular formula is C19H23ClN2O2S. The molecule has 4 saturated carbocycles. The van der Waals surface area contributed by atoms with E-state index < -0.39 is 0 Å². The first-order chi connectivity index (χ1) is 12.0. The fraction of sp³-hybridized carbons (Fsp3) is 0.579. The largest absolute Gasteiger partial charge is 0.482 e. The van der Waals surface area contributed by atoms with E-state index in [1.54, 1.807) is 12.1 Å². The zero-order chi connectivity index (χ0) is 17.4. The Bertz CT molecular complexity index is 658. The van der Waals surface area contributed by atoms with Crippen LogP contribution in [-0.4, -0.2) is 23.2 Å². The maximum Gasteiger partial charge on any atom is 0.264 e. The molecule has 0 radical (unpaired) electrons. The molecule has 25 heavy (non-hydrogen) atoms. The molecule has 0 heterocycles. The van der Waals surface area contributed by atoms with E-state index in [0.29, 0.717) is 15.9 Å². The van der Waals surface area contributed by atoms with Crippen LogP contribution in [0.25, 0.3) is 0 Å². The van der Waals surface area contributed by atoms with Crippen molar-refractivity contribution >= 4 is 34.8 Å². The molecule has 0 spiro atoms. The molecule has 1 aromatic rings. The van der Waals surface area contributed by atoms with Crippen LogP contribution >= 0.6 is 23.8 Å². The lowest BCUT2D eigenvalue weighted by Crippen LogP contribution is -2.62. The van der Waals surface area contributed by atoms with E-state index in [4.69, 9.17) is 28.6 Å². The predicted molar refractivity (Wildman–Crippen MR) is 102 cm³/mol. The zero-order valence-electron chi connectivity index (χ0n) is 14.1. The number of hydrogen-bond donors (Lipinski definition) is 2. The average molecular weight is 379 g/mol. The van der Waals surface area contributed by atoms with Crippen LogP contribution < -0.4 is 15.4 Å². The summed E-state index contributed by atoms with van der Waals surface area (Å²) in [4.78, 5) is 12.1. The summed E-state index contributed by atoms with van der Waals surface area (Å²) >= 11 is 11.4. The molecule has 0 aromatic heterocycles. The smallest absolute Gasteiger partial charge is 0.264 e. The number of ether oxygens (including phenoxy) is 1. The first kappa shape index (κ1) is 17.1. The summed E-state index contributed by atoms with van der Waals surface area (Å²) in [5.74, 6) is 2.74. The van der Waals surface area contributed by atoms with Crippen molar-refractivity contribution in [2.45, 2.75) is 44.1 Å². The number of thiocarbonyl (C=S) groups is 1. The van der Waals surface area contributed by atoms with Gasteiger partial charge in [0.15, 0.2) is 11.7 Å². The highest BCUT2D eigenvalue weighted by molar-refractivity contribution is 7.80. The maximum atomic E-state index is 12.1. The summed E-state index contributed by atoms with van der Waals surface area (Å²) in [5, 5.41) is 7.16. The second-order valence-corrected chi connectivity index (χ2v) is 8.73. The lowest BCUT2D eigenvalue weighted by molar-refractivity contribution is -0.121. The second kappa shape index (κ2) is 6.76. The molecule has 0 atom stereocenters. The van der Waals surface area contributed by atoms with E-state index in [-0.39, 0.29) is 18.1 Å². The van der Waals surface area contributed by atoms with E-state index in [1.165, 1.54) is 38.5 Å². The van der Waals surface area contributed by atoms with E-state index in [9.17, 15) is 4.79 Å². The Kier molecular flexibility index (Phi) is 4.63. The molecule has 6 heteroatoms. The van der Waals surface area contributed by atoms with Gasteiger partial charge in [-0.2, -0.15) is 0 Å². The van der Waals surface area contributed by atoms with Crippen LogP contribution in [0, 0.1) is 17.8 Å². The van der Waals surface area contributed by atoms with E-state index >= 15 is 0 Å². The van der Waals surface area contributed by atoms with Crippen LogP contribution in [0.2, 0.25) is 5.02 Å². The number of halogens is 1. The Hall–Kier alpha value is -1.33. The van der Waals surface area contributed by atoms with Gasteiger partial charge >= 0.3 is 0 Å². The lowest BCUT2D eigenvalue weighted by atomic mass is 9.53. The van der Waals surface area contributed by atoms with E-state index in [1.807, 2.05) is 12.1 Å². The molecule has 1 amide bonds. The highest BCUT2D eigenvalue weighted by Crippen LogP contribution is 2.55. The van der Waals surface area contributed by atoms with Crippen LogP contribution in [-0.2, 0) is 4.79 Å². The average Bonchev–Trinajstić information content (AvgIpc) is 2.52. The quantitative estimate of drug-likeness (QED) is 0.785. The van der Waals surface area contributed by atoms with Gasteiger partial charge in [0.2, 0.25) is 0 Å². The number of carbonyl (C=O) groups is 1. The van der Waals surface area contributed by atoms with Gasteiger partial charge in [0.25, 0.3) is 5.91 Å². The monoisotopic (exact) mass is 378 g/mol. The molecule has 4 fully saturated rings. The molecule has 4 bridgehead atoms. The van der Waals surface area contributed by atoms with Gasteiger partial charge in [0.1, 0.15) is 5.75 Å². The van der Waals surface area contributed by atoms with Crippen LogP contribution in [0.5, 0.6) is 5.75 Å². The van der Waals surface area contributed by atoms with Crippen LogP contribution in [0.4, 0.5) is 0 Å². The third-order valence-corrected chi connectivity index (χ3v) is 6.38. The summed E-state index contributed by atoms with van der Waals surface area (Å²) in [6.45, 7) is -0.105. The number of carbonyl (C=O) groups excluding carboxylic acids is 1. The maximum absolute atomic E-state index is 12.1. The summed E-state index contributed by atoms with van der Waals surface area (Å²) in [6.07, 6.45) is 7.70. The first-order valence-corrected chi connectivity index (χ1v) is 9.79. The van der Waals surface area contributed by atoms with Crippen molar-refractivity contribution in [1.29, 1.82) is 0 Å². The fourth-order valence-electron chi connectivity index (χ4n) is 5.40. The Morgan fingerprint density at radius 1 is 1.16 bits per heavy atom. The SMILES string of the molecule is O=C(COc1ccccc1Cl)NC(=S)NC12CC3CC(CC(C3)C1)C2. The molecular weight excluding hydrogens is 356 g/mol. The number of nitrogens with one attached hydrogen (secondary N) is 2. The summed E-state index contributed by atoms with van der Waals surface area (Å²) in [6, 6.07) is 7.10. The predicted octanol–water partition coefficient (Wildman–Crippen LogP) is 3.68. The molecule has 134 valence electrons. The van der Waals surface area contributed by atoms with Crippen molar-refractivity contribution in [3.8, 4) is 5.75 Å². The third kappa shape index (κ3) is 3.77. The van der Waals surface area contributed by atoms with Gasteiger partial charge < -0.3 is 15.4 Å². The Labute approximate surface area is 158 Å². The van der Waals surface area contributed by atoms with Crippen LogP contribution in [0.15, 0.2) is 24.3 Å². The Morgan fingerprint density at radius 2 is 1.76 bits per heavy atom. The summed E-state index contributed by atoms with van der Waals surface area (Å²) in [5.41, 5.74) is 0.0999. The normalized spacial score (nSPS) is 32.3. The summed E-state index contributed by atoms with van der Waals surface area (Å²) < 4.78 is 5.46. The molecule has 4 aliphatic rings. The molecule has 2 N–H and O–H groups in total. The van der Waals surface area contributed by atoms with Crippen molar-refractivity contribution in [3.63, 3.8) is 0 Å². The molecule has 5 rings (SSSR count). The van der Waals surface area contributed by atoms with Crippen molar-refractivity contribution in [2.24, 2.45) is 17.8 Å². The first-order valence-electron chi connectivity index (χ1n) is 9.01. The molecule has 4 nitrogen and oxygen atoms in total. The van der Waals surface area contributed by atoms with Gasteiger partial charge in [-0.1, -0.05) is 23.7 Å². The van der Waals surface area contributed by atoms with Gasteiger partial charge in [-0.05, 0) is 80.6 Å². The molecule has 4 aliphatic carbocycles. The van der Waals surface area contributed by atoms with Gasteiger partial charge in [-0.25, -0.2) is 0 Å². The summed E-state index contributed by atoms with van der Waals surface area (Å²) in [7, 11) is 0. The number of rotatable bonds is 4. The molecule has 0 aliphatic heterocycles. The van der Waals surface area contributed by atoms with E-state index in [0.717, 1.165) is 17.8 Å². The minimum absolute atomic E-state index is 0.0999. The zero-order valence-corrected chi connectivity index (χ0v) is 15.7. The number of benzene rings is 1. The van der Waals surface area contributed by atoms with Crippen LogP contribution in [0.3, 0.4) is 0 Å². The molecule has 1 aromatic carbocycles. The van der Waals surface area contributed by atoms with Gasteiger partial charge in [-0.3, -0.25) is 4.79 Å². The fourth-order valence-corrected chi connectivity index (χ4v) is 5.92. The van der Waals surface area contributed by atoms with Crippen molar-refractivity contribution in [2.75, 3.05) is 6.61 Å². The Balaban J connectivity index is 1.29. The lowest BCUT2D eigenvalue weighted by Gasteiger charge is -2.57. The Morgan fingerprint density at radius 3 is 2.36 bits per heavy atom.